The number of thiophene rings is 1. The average Bonchev–Trinajstić information content (AvgIpc) is 2.76. The predicted octanol–water partition coefficient (Wildman–Crippen LogP) is 1.87. The van der Waals surface area contributed by atoms with E-state index in [2.05, 4.69) is 5.32 Å². The fourth-order valence-corrected chi connectivity index (χ4v) is 2.18. The molecule has 0 aliphatic rings. The van der Waals surface area contributed by atoms with Crippen molar-refractivity contribution >= 4 is 33.8 Å². The molecule has 0 spiro atoms. The van der Waals surface area contributed by atoms with E-state index in [1.807, 2.05) is 0 Å². The maximum Gasteiger partial charge on any atom is 0.250 e. The first-order chi connectivity index (χ1) is 8.59. The SMILES string of the molecule is N=C(Nc1ccccc1C(N)=O)c1ccsc1N. The molecule has 92 valence electrons. The highest BCUT2D eigenvalue weighted by Gasteiger charge is 2.11. The molecule has 0 aliphatic heterocycles. The Morgan fingerprint density at radius 2 is 1.94 bits per heavy atom. The van der Waals surface area contributed by atoms with Crippen molar-refractivity contribution in [2.75, 3.05) is 11.1 Å². The number of anilines is 2. The Labute approximate surface area is 108 Å². The van der Waals surface area contributed by atoms with Gasteiger partial charge in [0, 0.05) is 0 Å². The summed E-state index contributed by atoms with van der Waals surface area (Å²) in [6, 6.07) is 8.53. The molecule has 2 rings (SSSR count). The molecule has 1 aromatic heterocycles. The van der Waals surface area contributed by atoms with E-state index in [0.29, 0.717) is 21.8 Å². The second-order valence-corrected chi connectivity index (χ2v) is 4.56. The highest BCUT2D eigenvalue weighted by Crippen LogP contribution is 2.21. The van der Waals surface area contributed by atoms with Crippen molar-refractivity contribution < 1.29 is 4.79 Å². The van der Waals surface area contributed by atoms with E-state index in [4.69, 9.17) is 16.9 Å². The predicted molar refractivity (Wildman–Crippen MR) is 74.1 cm³/mol. The number of nitrogens with two attached hydrogens (primary N) is 2. The molecule has 1 heterocycles. The molecule has 0 saturated carbocycles. The number of benzene rings is 1. The van der Waals surface area contributed by atoms with Crippen molar-refractivity contribution in [3.05, 3.63) is 46.8 Å². The third kappa shape index (κ3) is 2.33. The van der Waals surface area contributed by atoms with E-state index >= 15 is 0 Å². The summed E-state index contributed by atoms with van der Waals surface area (Å²) < 4.78 is 0. The van der Waals surface area contributed by atoms with Gasteiger partial charge in [0.15, 0.2) is 0 Å². The van der Waals surface area contributed by atoms with Crippen molar-refractivity contribution in [2.45, 2.75) is 0 Å². The Hall–Kier alpha value is -2.34. The molecule has 0 fully saturated rings. The van der Waals surface area contributed by atoms with Crippen LogP contribution < -0.4 is 16.8 Å². The van der Waals surface area contributed by atoms with E-state index in [1.54, 1.807) is 35.7 Å². The summed E-state index contributed by atoms with van der Waals surface area (Å²) in [6.45, 7) is 0. The molecule has 0 atom stereocenters. The molecule has 0 aliphatic carbocycles. The van der Waals surface area contributed by atoms with E-state index in [0.717, 1.165) is 0 Å². The highest BCUT2D eigenvalue weighted by molar-refractivity contribution is 7.14. The monoisotopic (exact) mass is 260 g/mol. The van der Waals surface area contributed by atoms with Gasteiger partial charge in [-0.15, -0.1) is 11.3 Å². The second kappa shape index (κ2) is 4.89. The lowest BCUT2D eigenvalue weighted by Gasteiger charge is -2.10. The smallest absolute Gasteiger partial charge is 0.250 e. The zero-order valence-corrected chi connectivity index (χ0v) is 10.3. The molecule has 0 radical (unpaired) electrons. The van der Waals surface area contributed by atoms with E-state index in [9.17, 15) is 4.79 Å². The van der Waals surface area contributed by atoms with Gasteiger partial charge >= 0.3 is 0 Å². The van der Waals surface area contributed by atoms with Gasteiger partial charge in [-0.25, -0.2) is 0 Å². The maximum atomic E-state index is 11.2. The molecule has 6 N–H and O–H groups in total. The zero-order valence-electron chi connectivity index (χ0n) is 9.44. The Balaban J connectivity index is 2.28. The van der Waals surface area contributed by atoms with Crippen LogP contribution in [0, 0.1) is 5.41 Å². The first-order valence-corrected chi connectivity index (χ1v) is 6.05. The minimum absolute atomic E-state index is 0.141. The van der Waals surface area contributed by atoms with Gasteiger partial charge in [-0.2, -0.15) is 0 Å². The number of hydrogen-bond acceptors (Lipinski definition) is 4. The third-order valence-corrected chi connectivity index (χ3v) is 3.16. The Bertz CT molecular complexity index is 606. The fraction of sp³-hybridized carbons (Fsp3) is 0. The van der Waals surface area contributed by atoms with Crippen LogP contribution in [-0.2, 0) is 0 Å². The molecule has 1 amide bonds. The molecular weight excluding hydrogens is 248 g/mol. The summed E-state index contributed by atoms with van der Waals surface area (Å²) >= 11 is 1.36. The van der Waals surface area contributed by atoms with Gasteiger partial charge < -0.3 is 16.8 Å². The summed E-state index contributed by atoms with van der Waals surface area (Å²) in [5.74, 6) is -0.397. The Morgan fingerprint density at radius 1 is 1.22 bits per heavy atom. The summed E-state index contributed by atoms with van der Waals surface area (Å²) in [7, 11) is 0. The number of carbonyl (C=O) groups is 1. The number of amides is 1. The quantitative estimate of drug-likeness (QED) is 0.500. The van der Waals surface area contributed by atoms with Gasteiger partial charge in [0.25, 0.3) is 5.91 Å². The van der Waals surface area contributed by atoms with Crippen LogP contribution in [0.4, 0.5) is 10.7 Å². The van der Waals surface area contributed by atoms with Crippen molar-refractivity contribution in [3.63, 3.8) is 0 Å². The largest absolute Gasteiger partial charge is 0.390 e. The van der Waals surface area contributed by atoms with E-state index in [-0.39, 0.29) is 5.84 Å². The lowest BCUT2D eigenvalue weighted by Crippen LogP contribution is -2.18. The van der Waals surface area contributed by atoms with Crippen LogP contribution in [0.15, 0.2) is 35.7 Å². The van der Waals surface area contributed by atoms with Crippen molar-refractivity contribution in [1.82, 2.24) is 0 Å². The standard InChI is InChI=1S/C12H12N4OS/c13-10(8-5-6-18-12(8)15)16-9-4-2-1-3-7(9)11(14)17/h1-6H,15H2,(H2,13,16)(H2,14,17). The molecule has 18 heavy (non-hydrogen) atoms. The second-order valence-electron chi connectivity index (χ2n) is 3.61. The van der Waals surface area contributed by atoms with Crippen LogP contribution >= 0.6 is 11.3 Å². The molecule has 0 saturated heterocycles. The van der Waals surface area contributed by atoms with Crippen LogP contribution in [0.2, 0.25) is 0 Å². The van der Waals surface area contributed by atoms with Crippen LogP contribution in [0.5, 0.6) is 0 Å². The number of rotatable bonds is 3. The summed E-state index contributed by atoms with van der Waals surface area (Å²) in [6.07, 6.45) is 0. The van der Waals surface area contributed by atoms with Crippen LogP contribution in [-0.4, -0.2) is 11.7 Å². The van der Waals surface area contributed by atoms with Crippen LogP contribution in [0.3, 0.4) is 0 Å². The lowest BCUT2D eigenvalue weighted by atomic mass is 10.1. The average molecular weight is 260 g/mol. The first-order valence-electron chi connectivity index (χ1n) is 5.17. The number of amidine groups is 1. The van der Waals surface area contributed by atoms with Gasteiger partial charge in [-0.3, -0.25) is 10.2 Å². The van der Waals surface area contributed by atoms with E-state index in [1.165, 1.54) is 11.3 Å². The van der Waals surface area contributed by atoms with Crippen LogP contribution in [0.1, 0.15) is 15.9 Å². The Kier molecular flexibility index (Phi) is 3.29. The number of hydrogen-bond donors (Lipinski definition) is 4. The van der Waals surface area contributed by atoms with Gasteiger partial charge in [-0.05, 0) is 23.6 Å². The minimum atomic E-state index is -0.538. The summed E-state index contributed by atoms with van der Waals surface area (Å²) in [5, 5.41) is 13.1. The van der Waals surface area contributed by atoms with Gasteiger partial charge in [0.2, 0.25) is 0 Å². The molecular formula is C12H12N4OS. The van der Waals surface area contributed by atoms with Crippen molar-refractivity contribution in [2.24, 2.45) is 5.73 Å². The molecule has 0 bridgehead atoms. The number of primary amides is 1. The minimum Gasteiger partial charge on any atom is -0.390 e. The Morgan fingerprint density at radius 3 is 2.56 bits per heavy atom. The molecule has 0 unspecified atom stereocenters. The molecule has 6 heteroatoms. The van der Waals surface area contributed by atoms with Gasteiger partial charge in [0.1, 0.15) is 5.84 Å². The highest BCUT2D eigenvalue weighted by atomic mass is 32.1. The number of nitrogen functional groups attached to an aromatic ring is 1. The summed E-state index contributed by atoms with van der Waals surface area (Å²) in [5.41, 5.74) is 12.5. The van der Waals surface area contributed by atoms with Gasteiger partial charge in [-0.1, -0.05) is 12.1 Å². The van der Waals surface area contributed by atoms with Crippen LogP contribution in [0.25, 0.3) is 0 Å². The molecule has 5 nitrogen and oxygen atoms in total. The molecule has 2 aromatic rings. The third-order valence-electron chi connectivity index (χ3n) is 2.42. The summed E-state index contributed by atoms with van der Waals surface area (Å²) in [4.78, 5) is 11.2. The zero-order chi connectivity index (χ0) is 13.1. The maximum absolute atomic E-state index is 11.2. The normalized spacial score (nSPS) is 10.0. The number of carbonyl (C=O) groups excluding carboxylic acids is 1. The fourth-order valence-electron chi connectivity index (χ4n) is 1.54. The number of nitrogens with one attached hydrogen (secondary N) is 2. The van der Waals surface area contributed by atoms with Crippen molar-refractivity contribution in [1.29, 1.82) is 5.41 Å². The topological polar surface area (TPSA) is 105 Å². The van der Waals surface area contributed by atoms with E-state index < -0.39 is 5.91 Å². The molecule has 1 aromatic carbocycles. The lowest BCUT2D eigenvalue weighted by molar-refractivity contribution is 0.100. The number of para-hydroxylation sites is 1. The van der Waals surface area contributed by atoms with Gasteiger partial charge in [0.05, 0.1) is 21.8 Å². The first kappa shape index (κ1) is 12.1. The van der Waals surface area contributed by atoms with Crippen molar-refractivity contribution in [3.8, 4) is 0 Å².